The summed E-state index contributed by atoms with van der Waals surface area (Å²) in [5, 5.41) is 0.864. The number of benzene rings is 1. The van der Waals surface area contributed by atoms with Crippen molar-refractivity contribution in [2.45, 2.75) is 13.0 Å². The van der Waals surface area contributed by atoms with Crippen LogP contribution in [-0.4, -0.2) is 59.3 Å². The first-order valence-electron chi connectivity index (χ1n) is 7.91. The molecule has 24 heavy (non-hydrogen) atoms. The molecule has 1 atom stereocenters. The average molecular weight is 348 g/mol. The number of fused-ring (bicyclic) bond motifs is 1. The number of para-hydroxylation sites is 1. The molecule has 1 N–H and O–H groups in total. The molecule has 0 bridgehead atoms. The summed E-state index contributed by atoms with van der Waals surface area (Å²) >= 11 is 1.56. The topological polar surface area (TPSA) is 71.6 Å². The van der Waals surface area contributed by atoms with E-state index in [0.717, 1.165) is 10.9 Å². The van der Waals surface area contributed by atoms with Crippen LogP contribution in [0.4, 0.5) is 0 Å². The van der Waals surface area contributed by atoms with E-state index in [9.17, 15) is 9.59 Å². The van der Waals surface area contributed by atoms with Crippen molar-refractivity contribution in [3.8, 4) is 0 Å². The fourth-order valence-corrected chi connectivity index (χ4v) is 3.82. The number of hydrogen-bond donors (Lipinski definition) is 1. The van der Waals surface area contributed by atoms with E-state index in [1.807, 2.05) is 31.2 Å². The lowest BCUT2D eigenvalue weighted by Gasteiger charge is -2.22. The fourth-order valence-electron chi connectivity index (χ4n) is 2.68. The Bertz CT molecular complexity index is 730. The molecule has 0 saturated carbocycles. The van der Waals surface area contributed by atoms with Crippen molar-refractivity contribution in [2.75, 3.05) is 31.5 Å². The number of hydrogen-bond acceptors (Lipinski definition) is 5. The van der Waals surface area contributed by atoms with Crippen LogP contribution >= 0.6 is 11.8 Å². The Morgan fingerprint density at radius 1 is 1.33 bits per heavy atom. The Balaban J connectivity index is 1.70. The van der Waals surface area contributed by atoms with Crippen LogP contribution in [0.25, 0.3) is 10.9 Å². The van der Waals surface area contributed by atoms with E-state index < -0.39 is 6.04 Å². The standard InChI is InChI=1S/C17H20N2O4S/c1-2-22-7-8-23-17(21)15-10-24-11-19(15)16(20)13-9-18-14-6-4-3-5-12(13)14/h3-6,9,15,18H,2,7-8,10-11H2,1H3/t15-/m0/s1. The van der Waals surface area contributed by atoms with Crippen molar-refractivity contribution >= 4 is 34.5 Å². The molecule has 128 valence electrons. The molecule has 0 radical (unpaired) electrons. The molecule has 1 aliphatic heterocycles. The van der Waals surface area contributed by atoms with Crippen LogP contribution in [0.1, 0.15) is 17.3 Å². The highest BCUT2D eigenvalue weighted by Gasteiger charge is 2.36. The minimum absolute atomic E-state index is 0.149. The fraction of sp³-hybridized carbons (Fsp3) is 0.412. The third kappa shape index (κ3) is 3.42. The van der Waals surface area contributed by atoms with Gasteiger partial charge in [0, 0.05) is 29.5 Å². The molecular formula is C17H20N2O4S. The molecule has 0 unspecified atom stereocenters. The van der Waals surface area contributed by atoms with Crippen LogP contribution in [0.3, 0.4) is 0 Å². The van der Waals surface area contributed by atoms with Gasteiger partial charge in [0.15, 0.2) is 0 Å². The first kappa shape index (κ1) is 16.9. The average Bonchev–Trinajstić information content (AvgIpc) is 3.24. The van der Waals surface area contributed by atoms with Gasteiger partial charge in [-0.3, -0.25) is 4.79 Å². The molecule has 6 nitrogen and oxygen atoms in total. The van der Waals surface area contributed by atoms with Gasteiger partial charge in [-0.15, -0.1) is 11.8 Å². The van der Waals surface area contributed by atoms with Gasteiger partial charge in [0.2, 0.25) is 0 Å². The van der Waals surface area contributed by atoms with E-state index in [4.69, 9.17) is 9.47 Å². The molecule has 1 aliphatic rings. The maximum Gasteiger partial charge on any atom is 0.329 e. The lowest BCUT2D eigenvalue weighted by atomic mass is 10.1. The number of esters is 1. The minimum atomic E-state index is -0.544. The molecular weight excluding hydrogens is 328 g/mol. The van der Waals surface area contributed by atoms with Crippen molar-refractivity contribution in [3.05, 3.63) is 36.0 Å². The highest BCUT2D eigenvalue weighted by atomic mass is 32.2. The third-order valence-electron chi connectivity index (χ3n) is 3.91. The van der Waals surface area contributed by atoms with Gasteiger partial charge in [0.25, 0.3) is 5.91 Å². The zero-order valence-electron chi connectivity index (χ0n) is 13.5. The molecule has 0 spiro atoms. The van der Waals surface area contributed by atoms with Gasteiger partial charge in [-0.2, -0.15) is 0 Å². The molecule has 1 fully saturated rings. The maximum atomic E-state index is 12.9. The number of nitrogens with zero attached hydrogens (tertiary/aromatic N) is 1. The summed E-state index contributed by atoms with van der Waals surface area (Å²) in [5.74, 6) is 0.530. The summed E-state index contributed by atoms with van der Waals surface area (Å²) in [5.41, 5.74) is 1.49. The van der Waals surface area contributed by atoms with Crippen LogP contribution < -0.4 is 0 Å². The Kier molecular flexibility index (Phi) is 5.42. The molecule has 2 heterocycles. The Morgan fingerprint density at radius 3 is 3.00 bits per heavy atom. The zero-order valence-corrected chi connectivity index (χ0v) is 14.3. The number of carbonyl (C=O) groups excluding carboxylic acids is 2. The second kappa shape index (κ2) is 7.72. The second-order valence-electron chi connectivity index (χ2n) is 5.40. The maximum absolute atomic E-state index is 12.9. The highest BCUT2D eigenvalue weighted by molar-refractivity contribution is 7.99. The predicted molar refractivity (Wildman–Crippen MR) is 93.0 cm³/mol. The van der Waals surface area contributed by atoms with E-state index in [-0.39, 0.29) is 18.5 Å². The summed E-state index contributed by atoms with van der Waals surface area (Å²) in [6.45, 7) is 3.06. The summed E-state index contributed by atoms with van der Waals surface area (Å²) in [4.78, 5) is 29.8. The molecule has 3 rings (SSSR count). The Morgan fingerprint density at radius 2 is 2.17 bits per heavy atom. The number of ether oxygens (including phenoxy) is 2. The van der Waals surface area contributed by atoms with E-state index >= 15 is 0 Å². The smallest absolute Gasteiger partial charge is 0.329 e. The van der Waals surface area contributed by atoms with Crippen molar-refractivity contribution in [3.63, 3.8) is 0 Å². The number of aromatic nitrogens is 1. The minimum Gasteiger partial charge on any atom is -0.462 e. The molecule has 2 aromatic rings. The Labute approximate surface area is 144 Å². The summed E-state index contributed by atoms with van der Waals surface area (Å²) in [7, 11) is 0. The number of amides is 1. The quantitative estimate of drug-likeness (QED) is 0.640. The van der Waals surface area contributed by atoms with Crippen molar-refractivity contribution < 1.29 is 19.1 Å². The van der Waals surface area contributed by atoms with Gasteiger partial charge in [0.05, 0.1) is 18.0 Å². The molecule has 1 aromatic carbocycles. The molecule has 1 aromatic heterocycles. The molecule has 1 saturated heterocycles. The van der Waals surface area contributed by atoms with Crippen LogP contribution in [0, 0.1) is 0 Å². The summed E-state index contributed by atoms with van der Waals surface area (Å²) in [6, 6.07) is 7.09. The van der Waals surface area contributed by atoms with Gasteiger partial charge >= 0.3 is 5.97 Å². The lowest BCUT2D eigenvalue weighted by Crippen LogP contribution is -2.43. The third-order valence-corrected chi connectivity index (χ3v) is 4.92. The van der Waals surface area contributed by atoms with E-state index in [1.165, 1.54) is 0 Å². The number of carbonyl (C=O) groups is 2. The predicted octanol–water partition coefficient (Wildman–Crippen LogP) is 2.26. The zero-order chi connectivity index (χ0) is 16.9. The van der Waals surface area contributed by atoms with Gasteiger partial charge in [-0.05, 0) is 13.0 Å². The molecule has 1 amide bonds. The SMILES string of the molecule is CCOCCOC(=O)[C@@H]1CSCN1C(=O)c1c[nH]c2ccccc12. The number of rotatable bonds is 6. The van der Waals surface area contributed by atoms with Crippen LogP contribution in [0.2, 0.25) is 0 Å². The first-order chi connectivity index (χ1) is 11.7. The van der Waals surface area contributed by atoms with Crippen molar-refractivity contribution in [1.29, 1.82) is 0 Å². The van der Waals surface area contributed by atoms with Gasteiger partial charge in [-0.1, -0.05) is 18.2 Å². The normalized spacial score (nSPS) is 17.4. The lowest BCUT2D eigenvalue weighted by molar-refractivity contribution is -0.149. The highest BCUT2D eigenvalue weighted by Crippen LogP contribution is 2.27. The van der Waals surface area contributed by atoms with Gasteiger partial charge in [0.1, 0.15) is 12.6 Å². The van der Waals surface area contributed by atoms with Crippen molar-refractivity contribution in [2.24, 2.45) is 0 Å². The summed E-state index contributed by atoms with van der Waals surface area (Å²) in [6.07, 6.45) is 1.70. The van der Waals surface area contributed by atoms with E-state index in [1.54, 1.807) is 22.9 Å². The van der Waals surface area contributed by atoms with Gasteiger partial charge < -0.3 is 19.4 Å². The summed E-state index contributed by atoms with van der Waals surface area (Å²) < 4.78 is 10.4. The monoisotopic (exact) mass is 348 g/mol. The number of nitrogens with one attached hydrogen (secondary N) is 1. The molecule has 7 heteroatoms. The largest absolute Gasteiger partial charge is 0.462 e. The van der Waals surface area contributed by atoms with Crippen LogP contribution in [-0.2, 0) is 14.3 Å². The number of thioether (sulfide) groups is 1. The second-order valence-corrected chi connectivity index (χ2v) is 6.40. The first-order valence-corrected chi connectivity index (χ1v) is 9.07. The van der Waals surface area contributed by atoms with Gasteiger partial charge in [-0.25, -0.2) is 4.79 Å². The number of aromatic amines is 1. The molecule has 0 aliphatic carbocycles. The van der Waals surface area contributed by atoms with E-state index in [0.29, 0.717) is 30.4 Å². The Hall–Kier alpha value is -1.99. The van der Waals surface area contributed by atoms with E-state index in [2.05, 4.69) is 4.98 Å². The van der Waals surface area contributed by atoms with Crippen LogP contribution in [0.5, 0.6) is 0 Å². The van der Waals surface area contributed by atoms with Crippen LogP contribution in [0.15, 0.2) is 30.5 Å². The number of H-pyrrole nitrogens is 1. The van der Waals surface area contributed by atoms with Crippen molar-refractivity contribution in [1.82, 2.24) is 9.88 Å².